The average molecular weight is 177 g/mol. The van der Waals surface area contributed by atoms with Gasteiger partial charge in [0.2, 0.25) is 0 Å². The van der Waals surface area contributed by atoms with Gasteiger partial charge >= 0.3 is 0 Å². The second kappa shape index (κ2) is 3.94. The number of nitrogens with zero attached hydrogens (tertiary/aromatic N) is 2. The van der Waals surface area contributed by atoms with E-state index in [4.69, 9.17) is 5.73 Å². The van der Waals surface area contributed by atoms with Crippen molar-refractivity contribution in [2.45, 2.75) is 20.3 Å². The van der Waals surface area contributed by atoms with Gasteiger partial charge in [0, 0.05) is 6.07 Å². The van der Waals surface area contributed by atoms with Crippen molar-refractivity contribution in [1.82, 2.24) is 9.78 Å². The lowest BCUT2D eigenvalue weighted by Gasteiger charge is -2.03. The molecular weight excluding hydrogens is 162 g/mol. The quantitative estimate of drug-likeness (QED) is 0.719. The lowest BCUT2D eigenvalue weighted by Crippen LogP contribution is -2.02. The molecule has 1 heterocycles. The SMILES string of the molecule is C=CC(=CCC)n1nc(C)cc1N. The molecule has 0 atom stereocenters. The number of aromatic nitrogens is 2. The molecule has 0 aromatic carbocycles. The Balaban J connectivity index is 3.11. The van der Waals surface area contributed by atoms with Gasteiger partial charge in [0.15, 0.2) is 0 Å². The number of rotatable bonds is 3. The summed E-state index contributed by atoms with van der Waals surface area (Å²) in [7, 11) is 0. The van der Waals surface area contributed by atoms with E-state index in [0.29, 0.717) is 5.82 Å². The van der Waals surface area contributed by atoms with Crippen molar-refractivity contribution in [3.05, 3.63) is 30.5 Å². The molecule has 2 N–H and O–H groups in total. The van der Waals surface area contributed by atoms with Gasteiger partial charge in [0.25, 0.3) is 0 Å². The van der Waals surface area contributed by atoms with Crippen LogP contribution in [0.1, 0.15) is 19.0 Å². The minimum atomic E-state index is 0.650. The fourth-order valence-corrected chi connectivity index (χ4v) is 1.19. The first-order valence-corrected chi connectivity index (χ1v) is 4.34. The Kier molecular flexibility index (Phi) is 2.90. The number of hydrogen-bond donors (Lipinski definition) is 1. The van der Waals surface area contributed by atoms with Crippen LogP contribution in [0.15, 0.2) is 24.8 Å². The molecule has 0 fully saturated rings. The Bertz CT molecular complexity index is 334. The molecule has 3 heteroatoms. The molecule has 0 aliphatic carbocycles. The number of nitrogens with two attached hydrogens (primary N) is 1. The smallest absolute Gasteiger partial charge is 0.127 e. The molecule has 1 aromatic heterocycles. The number of hydrogen-bond acceptors (Lipinski definition) is 2. The van der Waals surface area contributed by atoms with Gasteiger partial charge in [-0.25, -0.2) is 4.68 Å². The van der Waals surface area contributed by atoms with E-state index in [1.807, 2.05) is 19.1 Å². The first-order valence-electron chi connectivity index (χ1n) is 4.34. The van der Waals surface area contributed by atoms with Crippen LogP contribution in [-0.2, 0) is 0 Å². The average Bonchev–Trinajstić information content (AvgIpc) is 2.41. The van der Waals surface area contributed by atoms with Gasteiger partial charge in [-0.3, -0.25) is 0 Å². The Labute approximate surface area is 78.6 Å². The first-order chi connectivity index (χ1) is 6.19. The predicted molar refractivity (Wildman–Crippen MR) is 56.1 cm³/mol. The van der Waals surface area contributed by atoms with Gasteiger partial charge in [-0.15, -0.1) is 0 Å². The molecule has 0 aliphatic heterocycles. The normalized spacial score (nSPS) is 11.7. The Morgan fingerprint density at radius 1 is 1.77 bits per heavy atom. The zero-order valence-corrected chi connectivity index (χ0v) is 8.12. The second-order valence-corrected chi connectivity index (χ2v) is 2.86. The van der Waals surface area contributed by atoms with Crippen LogP contribution in [0.4, 0.5) is 5.82 Å². The standard InChI is InChI=1S/C10H15N3/c1-4-6-9(5-2)13-10(11)7-8(3)12-13/h5-7H,2,4,11H2,1,3H3. The maximum atomic E-state index is 5.76. The summed E-state index contributed by atoms with van der Waals surface area (Å²) in [6, 6.07) is 1.84. The van der Waals surface area contributed by atoms with Gasteiger partial charge in [0.05, 0.1) is 11.4 Å². The first kappa shape index (κ1) is 9.58. The van der Waals surface area contributed by atoms with Gasteiger partial charge in [-0.05, 0) is 19.4 Å². The molecule has 1 aromatic rings. The number of aryl methyl sites for hydroxylation is 1. The molecule has 0 saturated heterocycles. The van der Waals surface area contributed by atoms with E-state index in [-0.39, 0.29) is 0 Å². The van der Waals surface area contributed by atoms with Crippen molar-refractivity contribution in [3.63, 3.8) is 0 Å². The molecule has 0 bridgehead atoms. The number of nitrogen functional groups attached to an aromatic ring is 1. The van der Waals surface area contributed by atoms with E-state index < -0.39 is 0 Å². The van der Waals surface area contributed by atoms with Crippen LogP contribution in [0.2, 0.25) is 0 Å². The maximum absolute atomic E-state index is 5.76. The van der Waals surface area contributed by atoms with Crippen LogP contribution in [0.25, 0.3) is 5.70 Å². The third-order valence-corrected chi connectivity index (χ3v) is 1.73. The summed E-state index contributed by atoms with van der Waals surface area (Å²) in [5, 5.41) is 4.25. The summed E-state index contributed by atoms with van der Waals surface area (Å²) in [5.74, 6) is 0.650. The van der Waals surface area contributed by atoms with Crippen LogP contribution in [0, 0.1) is 6.92 Å². The van der Waals surface area contributed by atoms with E-state index in [1.54, 1.807) is 10.8 Å². The highest BCUT2D eigenvalue weighted by molar-refractivity contribution is 5.60. The molecule has 0 saturated carbocycles. The third-order valence-electron chi connectivity index (χ3n) is 1.73. The Morgan fingerprint density at radius 2 is 2.46 bits per heavy atom. The molecule has 13 heavy (non-hydrogen) atoms. The van der Waals surface area contributed by atoms with Crippen LogP contribution < -0.4 is 5.73 Å². The summed E-state index contributed by atoms with van der Waals surface area (Å²) in [5.41, 5.74) is 7.62. The highest BCUT2D eigenvalue weighted by Gasteiger charge is 2.02. The molecule has 0 unspecified atom stereocenters. The van der Waals surface area contributed by atoms with E-state index in [2.05, 4.69) is 18.6 Å². The summed E-state index contributed by atoms with van der Waals surface area (Å²) in [6.07, 6.45) is 4.74. The maximum Gasteiger partial charge on any atom is 0.127 e. The largest absolute Gasteiger partial charge is 0.384 e. The molecule has 0 amide bonds. The molecule has 0 aliphatic rings. The van der Waals surface area contributed by atoms with Crippen molar-refractivity contribution < 1.29 is 0 Å². The third kappa shape index (κ3) is 1.99. The van der Waals surface area contributed by atoms with Crippen molar-refractivity contribution in [2.24, 2.45) is 0 Å². The highest BCUT2D eigenvalue weighted by Crippen LogP contribution is 2.13. The van der Waals surface area contributed by atoms with Crippen LogP contribution in [0.5, 0.6) is 0 Å². The van der Waals surface area contributed by atoms with Gasteiger partial charge in [0.1, 0.15) is 5.82 Å². The van der Waals surface area contributed by atoms with Crippen LogP contribution in [-0.4, -0.2) is 9.78 Å². The van der Waals surface area contributed by atoms with E-state index in [9.17, 15) is 0 Å². The Hall–Kier alpha value is -1.51. The van der Waals surface area contributed by atoms with E-state index >= 15 is 0 Å². The summed E-state index contributed by atoms with van der Waals surface area (Å²) in [6.45, 7) is 7.70. The lowest BCUT2D eigenvalue weighted by atomic mass is 10.3. The monoisotopic (exact) mass is 177 g/mol. The van der Waals surface area contributed by atoms with E-state index in [1.165, 1.54) is 0 Å². The van der Waals surface area contributed by atoms with Gasteiger partial charge in [-0.1, -0.05) is 19.6 Å². The highest BCUT2D eigenvalue weighted by atomic mass is 15.3. The molecule has 0 radical (unpaired) electrons. The lowest BCUT2D eigenvalue weighted by molar-refractivity contribution is 0.894. The van der Waals surface area contributed by atoms with Crippen molar-refractivity contribution >= 4 is 11.5 Å². The summed E-state index contributed by atoms with van der Waals surface area (Å²) >= 11 is 0. The van der Waals surface area contributed by atoms with Gasteiger partial charge in [-0.2, -0.15) is 5.10 Å². The molecule has 1 rings (SSSR count). The zero-order valence-electron chi connectivity index (χ0n) is 8.12. The molecule has 70 valence electrons. The fraction of sp³-hybridized carbons (Fsp3) is 0.300. The Morgan fingerprint density at radius 3 is 2.85 bits per heavy atom. The molecule has 0 spiro atoms. The van der Waals surface area contributed by atoms with Crippen LogP contribution in [0.3, 0.4) is 0 Å². The number of anilines is 1. The van der Waals surface area contributed by atoms with Crippen LogP contribution >= 0.6 is 0 Å². The minimum Gasteiger partial charge on any atom is -0.384 e. The topological polar surface area (TPSA) is 43.8 Å². The summed E-state index contributed by atoms with van der Waals surface area (Å²) in [4.78, 5) is 0. The van der Waals surface area contributed by atoms with Gasteiger partial charge < -0.3 is 5.73 Å². The zero-order chi connectivity index (χ0) is 9.84. The molecular formula is C10H15N3. The summed E-state index contributed by atoms with van der Waals surface area (Å²) < 4.78 is 1.70. The number of allylic oxidation sites excluding steroid dienone is 3. The molecule has 3 nitrogen and oxygen atoms in total. The van der Waals surface area contributed by atoms with Crippen molar-refractivity contribution in [1.29, 1.82) is 0 Å². The minimum absolute atomic E-state index is 0.650. The second-order valence-electron chi connectivity index (χ2n) is 2.86. The predicted octanol–water partition coefficient (Wildman–Crippen LogP) is 2.21. The van der Waals surface area contributed by atoms with Crippen molar-refractivity contribution in [3.8, 4) is 0 Å². The van der Waals surface area contributed by atoms with E-state index in [0.717, 1.165) is 17.8 Å². The fourth-order valence-electron chi connectivity index (χ4n) is 1.19. The van der Waals surface area contributed by atoms with Crippen molar-refractivity contribution in [2.75, 3.05) is 5.73 Å².